The lowest BCUT2D eigenvalue weighted by Gasteiger charge is -1.72. The molecule has 0 spiro atoms. The largest absolute Gasteiger partial charge is 0.115 e. The van der Waals surface area contributed by atoms with Gasteiger partial charge in [-0.3, -0.25) is 0 Å². The maximum absolute atomic E-state index is 4.86. The Morgan fingerprint density at radius 2 is 2.33 bits per heavy atom. The van der Waals surface area contributed by atoms with Crippen molar-refractivity contribution in [3.63, 3.8) is 0 Å². The van der Waals surface area contributed by atoms with Crippen molar-refractivity contribution in [3.05, 3.63) is 24.8 Å². The molecule has 0 nitrogen and oxygen atoms in total. The quantitative estimate of drug-likeness (QED) is 0.328. The van der Waals surface area contributed by atoms with Crippen molar-refractivity contribution in [1.29, 1.82) is 0 Å². The van der Waals surface area contributed by atoms with Crippen LogP contribution in [-0.2, 0) is 0 Å². The Kier molecular flexibility index (Phi) is 1.92. The second-order valence-electron chi connectivity index (χ2n) is 0.874. The Labute approximate surface area is 38.2 Å². The minimum absolute atomic E-state index is 0.634. The maximum atomic E-state index is 4.86. The molecule has 0 aromatic carbocycles. The topological polar surface area (TPSA) is 0 Å². The fraction of sp³-hybridized carbons (Fsp3) is 0. The van der Waals surface area contributed by atoms with Crippen LogP contribution in [0.15, 0.2) is 24.8 Å². The van der Waals surface area contributed by atoms with E-state index in [2.05, 4.69) is 19.1 Å². The highest BCUT2D eigenvalue weighted by Crippen LogP contribution is 1.81. The fourth-order valence-electron chi connectivity index (χ4n) is 0.0589. The molecule has 0 heteroatoms. The number of terminal acetylenes is 1. The summed E-state index contributed by atoms with van der Waals surface area (Å²) in [6, 6.07) is 0. The summed E-state index contributed by atoms with van der Waals surface area (Å²) in [5.41, 5.74) is 0.634. The van der Waals surface area contributed by atoms with Crippen LogP contribution in [0.2, 0.25) is 0 Å². The van der Waals surface area contributed by atoms with E-state index >= 15 is 0 Å². The van der Waals surface area contributed by atoms with Crippen LogP contribution in [0.3, 0.4) is 0 Å². The zero-order chi connectivity index (χ0) is 4.99. The highest BCUT2D eigenvalue weighted by molar-refractivity contribution is 5.30. The summed E-state index contributed by atoms with van der Waals surface area (Å²) in [6.45, 7) is 6.83. The average Bonchev–Trinajstić information content (AvgIpc) is 1.65. The van der Waals surface area contributed by atoms with E-state index in [4.69, 9.17) is 6.42 Å². The Balaban J connectivity index is 3.63. The molecule has 0 bridgehead atoms. The highest BCUT2D eigenvalue weighted by Gasteiger charge is 1.66. The lowest BCUT2D eigenvalue weighted by atomic mass is 10.3. The Morgan fingerprint density at radius 1 is 1.83 bits per heavy atom. The van der Waals surface area contributed by atoms with Crippen molar-refractivity contribution in [2.45, 2.75) is 0 Å². The molecule has 30 valence electrons. The van der Waals surface area contributed by atoms with Crippen LogP contribution in [0.1, 0.15) is 0 Å². The molecule has 0 aromatic rings. The van der Waals surface area contributed by atoms with Crippen LogP contribution in [0.5, 0.6) is 0 Å². The zero-order valence-electron chi connectivity index (χ0n) is 3.57. The Hall–Kier alpha value is -0.960. The molecule has 0 N–H and O–H groups in total. The van der Waals surface area contributed by atoms with Crippen LogP contribution >= 0.6 is 0 Å². The first-order chi connectivity index (χ1) is 2.81. The second kappa shape index (κ2) is 2.29. The summed E-state index contributed by atoms with van der Waals surface area (Å²) in [4.78, 5) is 0. The number of hydrogen-bond acceptors (Lipinski definition) is 0. The van der Waals surface area contributed by atoms with E-state index in [1.165, 1.54) is 0 Å². The third kappa shape index (κ3) is 1.37. The molecule has 0 aliphatic rings. The van der Waals surface area contributed by atoms with E-state index in [1.54, 1.807) is 6.08 Å². The van der Waals surface area contributed by atoms with Gasteiger partial charge in [0.2, 0.25) is 0 Å². The minimum Gasteiger partial charge on any atom is -0.115 e. The molecule has 0 amide bonds. The van der Waals surface area contributed by atoms with Crippen LogP contribution in [0.25, 0.3) is 0 Å². The van der Waals surface area contributed by atoms with Crippen molar-refractivity contribution in [1.82, 2.24) is 0 Å². The van der Waals surface area contributed by atoms with Gasteiger partial charge in [-0.15, -0.1) is 6.42 Å². The number of hydrogen-bond donors (Lipinski definition) is 0. The molecule has 0 atom stereocenters. The molecule has 0 aliphatic heterocycles. The van der Waals surface area contributed by atoms with Gasteiger partial charge in [-0.2, -0.15) is 0 Å². The summed E-state index contributed by atoms with van der Waals surface area (Å²) in [5.74, 6) is 2.30. The van der Waals surface area contributed by atoms with Gasteiger partial charge in [-0.05, 0) is 0 Å². The summed E-state index contributed by atoms with van der Waals surface area (Å²) in [5, 5.41) is 0. The van der Waals surface area contributed by atoms with Crippen molar-refractivity contribution in [3.8, 4) is 12.3 Å². The van der Waals surface area contributed by atoms with Crippen LogP contribution in [0.4, 0.5) is 0 Å². The molecule has 0 rings (SSSR count). The number of allylic oxidation sites excluding steroid dienone is 2. The molecule has 0 aliphatic carbocycles. The Morgan fingerprint density at radius 3 is 2.33 bits per heavy atom. The maximum Gasteiger partial charge on any atom is 0.0164 e. The standard InChI is InChI=1S/C6H6/c1-4-6(3)5-2/h1,5H,2-3H2. The van der Waals surface area contributed by atoms with Gasteiger partial charge >= 0.3 is 0 Å². The first-order valence-corrected chi connectivity index (χ1v) is 1.59. The van der Waals surface area contributed by atoms with Gasteiger partial charge in [0, 0.05) is 5.57 Å². The van der Waals surface area contributed by atoms with E-state index in [0.717, 1.165) is 0 Å². The molecule has 0 unspecified atom stereocenters. The average molecular weight is 78.1 g/mol. The number of rotatable bonds is 1. The van der Waals surface area contributed by atoms with Gasteiger partial charge in [-0.25, -0.2) is 0 Å². The van der Waals surface area contributed by atoms with E-state index in [-0.39, 0.29) is 0 Å². The van der Waals surface area contributed by atoms with Gasteiger partial charge in [0.25, 0.3) is 0 Å². The van der Waals surface area contributed by atoms with Gasteiger partial charge in [0.15, 0.2) is 0 Å². The van der Waals surface area contributed by atoms with Crippen molar-refractivity contribution >= 4 is 0 Å². The van der Waals surface area contributed by atoms with Crippen molar-refractivity contribution < 1.29 is 0 Å². The molecule has 0 heterocycles. The van der Waals surface area contributed by atoms with Gasteiger partial charge in [0.1, 0.15) is 0 Å². The second-order valence-corrected chi connectivity index (χ2v) is 0.874. The first-order valence-electron chi connectivity index (χ1n) is 1.59. The molecule has 0 fully saturated rings. The molecule has 6 heavy (non-hydrogen) atoms. The zero-order valence-corrected chi connectivity index (χ0v) is 3.57. The predicted molar refractivity (Wildman–Crippen MR) is 28.2 cm³/mol. The molecule has 0 radical (unpaired) electrons. The van der Waals surface area contributed by atoms with Gasteiger partial charge in [-0.1, -0.05) is 25.2 Å². The Bertz CT molecular complexity index is 102. The van der Waals surface area contributed by atoms with Gasteiger partial charge in [0.05, 0.1) is 0 Å². The van der Waals surface area contributed by atoms with E-state index < -0.39 is 0 Å². The highest BCUT2D eigenvalue weighted by atomic mass is 13.7. The molecular weight excluding hydrogens is 72.1 g/mol. The predicted octanol–water partition coefficient (Wildman–Crippen LogP) is 1.36. The van der Waals surface area contributed by atoms with Crippen LogP contribution in [-0.4, -0.2) is 0 Å². The summed E-state index contributed by atoms with van der Waals surface area (Å²) < 4.78 is 0. The SMILES string of the molecule is C#CC(=C)C=C. The van der Waals surface area contributed by atoms with Crippen LogP contribution in [0, 0.1) is 12.3 Å². The molecule has 0 saturated carbocycles. The molecular formula is C6H6. The lowest BCUT2D eigenvalue weighted by Crippen LogP contribution is -1.57. The van der Waals surface area contributed by atoms with E-state index in [9.17, 15) is 0 Å². The summed E-state index contributed by atoms with van der Waals surface area (Å²) >= 11 is 0. The first kappa shape index (κ1) is 5.04. The van der Waals surface area contributed by atoms with Crippen molar-refractivity contribution in [2.24, 2.45) is 0 Å². The molecule has 0 saturated heterocycles. The third-order valence-corrected chi connectivity index (χ3v) is 0.432. The monoisotopic (exact) mass is 78.0 g/mol. The summed E-state index contributed by atoms with van der Waals surface area (Å²) in [6.07, 6.45) is 6.40. The summed E-state index contributed by atoms with van der Waals surface area (Å²) in [7, 11) is 0. The van der Waals surface area contributed by atoms with E-state index in [0.29, 0.717) is 5.57 Å². The fourth-order valence-corrected chi connectivity index (χ4v) is 0.0589. The van der Waals surface area contributed by atoms with Gasteiger partial charge < -0.3 is 0 Å². The minimum atomic E-state index is 0.634. The normalized spacial score (nSPS) is 5.83. The van der Waals surface area contributed by atoms with Crippen LogP contribution < -0.4 is 0 Å². The lowest BCUT2D eigenvalue weighted by molar-refractivity contribution is 1.89. The van der Waals surface area contributed by atoms with E-state index in [1.807, 2.05) is 0 Å². The van der Waals surface area contributed by atoms with Crippen molar-refractivity contribution in [2.75, 3.05) is 0 Å². The smallest absolute Gasteiger partial charge is 0.0164 e. The molecule has 0 aromatic heterocycles. The third-order valence-electron chi connectivity index (χ3n) is 0.432.